The second kappa shape index (κ2) is 8.85. The van der Waals surface area contributed by atoms with Crippen molar-refractivity contribution in [3.63, 3.8) is 0 Å². The van der Waals surface area contributed by atoms with Crippen molar-refractivity contribution in [2.75, 3.05) is 0 Å². The summed E-state index contributed by atoms with van der Waals surface area (Å²) in [6.45, 7) is 0. The van der Waals surface area contributed by atoms with Gasteiger partial charge in [0.05, 0.1) is 10.0 Å². The summed E-state index contributed by atoms with van der Waals surface area (Å²) in [4.78, 5) is 20.6. The van der Waals surface area contributed by atoms with Crippen LogP contribution in [0.3, 0.4) is 0 Å². The average molecular weight is 479 g/mol. The lowest BCUT2D eigenvalue weighted by Gasteiger charge is -2.25. The predicted octanol–water partition coefficient (Wildman–Crippen LogP) is 7.44. The number of rotatable bonds is 4. The van der Waals surface area contributed by atoms with Gasteiger partial charge in [-0.3, -0.25) is 4.79 Å². The molecule has 0 saturated heterocycles. The zero-order valence-electron chi connectivity index (χ0n) is 16.8. The van der Waals surface area contributed by atoms with Gasteiger partial charge in [0, 0.05) is 22.2 Å². The van der Waals surface area contributed by atoms with Gasteiger partial charge < -0.3 is 4.57 Å². The van der Waals surface area contributed by atoms with Crippen molar-refractivity contribution in [2.24, 2.45) is 0 Å². The molecule has 0 aliphatic heterocycles. The number of halogens is 2. The third-order valence-corrected chi connectivity index (χ3v) is 9.30. The Morgan fingerprint density at radius 2 is 1.87 bits per heavy atom. The summed E-state index contributed by atoms with van der Waals surface area (Å²) < 4.78 is 2.40. The molecule has 0 spiro atoms. The zero-order chi connectivity index (χ0) is 20.7. The minimum Gasteiger partial charge on any atom is -0.307 e. The molecule has 5 rings (SSSR count). The highest BCUT2D eigenvalue weighted by Gasteiger charge is 2.26. The van der Waals surface area contributed by atoms with Crippen LogP contribution in [0, 0.1) is 0 Å². The van der Waals surface area contributed by atoms with Gasteiger partial charge in [-0.05, 0) is 56.2 Å². The van der Waals surface area contributed by atoms with Crippen LogP contribution < -0.4 is 5.43 Å². The molecule has 1 aromatic carbocycles. The lowest BCUT2D eigenvalue weighted by molar-refractivity contribution is 0.344. The van der Waals surface area contributed by atoms with E-state index in [4.69, 9.17) is 28.2 Å². The molecule has 3 aromatic rings. The number of nitrogens with zero attached hydrogens (tertiary/aromatic N) is 2. The molecule has 3 nitrogen and oxygen atoms in total. The highest BCUT2D eigenvalue weighted by atomic mass is 35.5. The fourth-order valence-electron chi connectivity index (χ4n) is 4.67. The van der Waals surface area contributed by atoms with Crippen LogP contribution >= 0.6 is 46.3 Å². The maximum absolute atomic E-state index is 13.3. The predicted molar refractivity (Wildman–Crippen MR) is 129 cm³/mol. The zero-order valence-corrected chi connectivity index (χ0v) is 19.9. The van der Waals surface area contributed by atoms with Gasteiger partial charge in [-0.2, -0.15) is 0 Å². The molecule has 0 bridgehead atoms. The van der Waals surface area contributed by atoms with Crippen LogP contribution in [0.2, 0.25) is 10.0 Å². The Morgan fingerprint density at radius 1 is 1.07 bits per heavy atom. The molecule has 1 fully saturated rings. The monoisotopic (exact) mass is 478 g/mol. The van der Waals surface area contributed by atoms with Crippen LogP contribution in [0.1, 0.15) is 67.0 Å². The van der Waals surface area contributed by atoms with E-state index in [2.05, 4.69) is 4.57 Å². The van der Waals surface area contributed by atoms with Gasteiger partial charge in [-0.15, -0.1) is 11.3 Å². The maximum Gasteiger partial charge on any atom is 0.211 e. The summed E-state index contributed by atoms with van der Waals surface area (Å²) in [7, 11) is 0. The summed E-state index contributed by atoms with van der Waals surface area (Å²) in [5.41, 5.74) is 2.99. The number of fused-ring (bicyclic) bond motifs is 2. The quantitative estimate of drug-likeness (QED) is 0.365. The molecule has 0 amide bonds. The molecular weight excluding hydrogens is 455 g/mol. The van der Waals surface area contributed by atoms with E-state index in [1.54, 1.807) is 11.8 Å². The molecule has 2 aliphatic carbocycles. The first-order valence-electron chi connectivity index (χ1n) is 10.8. The van der Waals surface area contributed by atoms with Gasteiger partial charge >= 0.3 is 0 Å². The lowest BCUT2D eigenvalue weighted by atomic mass is 9.95. The highest BCUT2D eigenvalue weighted by Crippen LogP contribution is 2.39. The molecular formula is C23H24Cl2N2OS2. The number of hydrogen-bond donors (Lipinski definition) is 0. The highest BCUT2D eigenvalue weighted by molar-refractivity contribution is 7.98. The first-order chi connectivity index (χ1) is 14.6. The fourth-order valence-corrected chi connectivity index (χ4v) is 7.43. The first kappa shape index (κ1) is 20.9. The molecule has 1 saturated carbocycles. The van der Waals surface area contributed by atoms with Gasteiger partial charge in [0.1, 0.15) is 10.3 Å². The summed E-state index contributed by atoms with van der Waals surface area (Å²) in [6, 6.07) is 6.22. The van der Waals surface area contributed by atoms with Crippen molar-refractivity contribution in [3.05, 3.63) is 54.5 Å². The van der Waals surface area contributed by atoms with E-state index in [0.29, 0.717) is 21.6 Å². The van der Waals surface area contributed by atoms with Gasteiger partial charge in [0.15, 0.2) is 5.16 Å². The SMILES string of the molecule is O=c1c2c(sc3c1nc(SCc1ccc(Cl)c(Cl)c1)n3C1CCCCC1)CCCC2. The largest absolute Gasteiger partial charge is 0.307 e. The van der Waals surface area contributed by atoms with Crippen molar-refractivity contribution in [1.82, 2.24) is 9.55 Å². The number of aryl methyl sites for hydroxylation is 1. The molecule has 0 radical (unpaired) electrons. The van der Waals surface area contributed by atoms with Crippen molar-refractivity contribution in [1.29, 1.82) is 0 Å². The van der Waals surface area contributed by atoms with Gasteiger partial charge in [0.2, 0.25) is 5.43 Å². The summed E-state index contributed by atoms with van der Waals surface area (Å²) >= 11 is 15.8. The van der Waals surface area contributed by atoms with Crippen LogP contribution in [0.15, 0.2) is 28.2 Å². The van der Waals surface area contributed by atoms with Gasteiger partial charge in [-0.1, -0.05) is 60.3 Å². The summed E-state index contributed by atoms with van der Waals surface area (Å²) in [6.07, 6.45) is 10.4. The Morgan fingerprint density at radius 3 is 2.67 bits per heavy atom. The summed E-state index contributed by atoms with van der Waals surface area (Å²) in [5.74, 6) is 0.755. The topological polar surface area (TPSA) is 34.9 Å². The number of hydrogen-bond acceptors (Lipinski definition) is 4. The van der Waals surface area contributed by atoms with Crippen LogP contribution in [-0.2, 0) is 18.6 Å². The Hall–Kier alpha value is -1.01. The minimum absolute atomic E-state index is 0.171. The van der Waals surface area contributed by atoms with E-state index in [0.717, 1.165) is 46.1 Å². The fraction of sp³-hybridized carbons (Fsp3) is 0.478. The molecule has 2 aliphatic rings. The first-order valence-corrected chi connectivity index (χ1v) is 13.3. The Labute approximate surface area is 194 Å². The standard InChI is InChI=1S/C23H24Cl2N2OS2/c24-17-11-10-14(12-18(17)25)13-29-23-26-20-21(28)16-8-4-5-9-19(16)30-22(20)27(23)15-6-2-1-3-7-15/h10-12,15H,1-9,13H2. The van der Waals surface area contributed by atoms with Crippen molar-refractivity contribution >= 4 is 56.6 Å². The van der Waals surface area contributed by atoms with Crippen molar-refractivity contribution < 1.29 is 0 Å². The van der Waals surface area contributed by atoms with Crippen LogP contribution in [-0.4, -0.2) is 9.55 Å². The molecule has 7 heteroatoms. The molecule has 2 aromatic heterocycles. The van der Waals surface area contributed by atoms with E-state index in [1.165, 1.54) is 43.4 Å². The van der Waals surface area contributed by atoms with E-state index in [9.17, 15) is 4.79 Å². The third-order valence-electron chi connectivity index (χ3n) is 6.25. The lowest BCUT2D eigenvalue weighted by Crippen LogP contribution is -2.17. The number of aromatic nitrogens is 2. The van der Waals surface area contributed by atoms with Gasteiger partial charge in [0.25, 0.3) is 0 Å². The molecule has 0 N–H and O–H groups in total. The Bertz CT molecular complexity index is 1150. The molecule has 30 heavy (non-hydrogen) atoms. The number of benzene rings is 1. The second-order valence-electron chi connectivity index (χ2n) is 8.29. The molecule has 2 heterocycles. The van der Waals surface area contributed by atoms with E-state index in [-0.39, 0.29) is 5.43 Å². The number of thioether (sulfide) groups is 1. The minimum atomic E-state index is 0.171. The van der Waals surface area contributed by atoms with E-state index < -0.39 is 0 Å². The Balaban J connectivity index is 1.57. The van der Waals surface area contributed by atoms with Crippen LogP contribution in [0.5, 0.6) is 0 Å². The maximum atomic E-state index is 13.3. The van der Waals surface area contributed by atoms with Crippen molar-refractivity contribution in [2.45, 2.75) is 74.7 Å². The number of imidazole rings is 1. The van der Waals surface area contributed by atoms with Crippen LogP contribution in [0.25, 0.3) is 10.3 Å². The van der Waals surface area contributed by atoms with E-state index >= 15 is 0 Å². The third kappa shape index (κ3) is 3.94. The smallest absolute Gasteiger partial charge is 0.211 e. The molecule has 0 unspecified atom stereocenters. The molecule has 0 atom stereocenters. The normalized spacial score (nSPS) is 17.4. The van der Waals surface area contributed by atoms with Crippen molar-refractivity contribution in [3.8, 4) is 0 Å². The van der Waals surface area contributed by atoms with Gasteiger partial charge in [-0.25, -0.2) is 4.98 Å². The Kier molecular flexibility index (Phi) is 6.16. The average Bonchev–Trinajstić information content (AvgIpc) is 3.14. The summed E-state index contributed by atoms with van der Waals surface area (Å²) in [5, 5.41) is 2.12. The molecule has 158 valence electrons. The van der Waals surface area contributed by atoms with E-state index in [1.807, 2.05) is 29.5 Å². The second-order valence-corrected chi connectivity index (χ2v) is 11.1. The van der Waals surface area contributed by atoms with Crippen LogP contribution in [0.4, 0.5) is 0 Å².